The molecule has 0 saturated heterocycles. The zero-order valence-corrected chi connectivity index (χ0v) is 12.1. The Kier molecular flexibility index (Phi) is 3.21. The molecule has 0 aliphatic heterocycles. The predicted octanol–water partition coefficient (Wildman–Crippen LogP) is 3.41. The Morgan fingerprint density at radius 1 is 1.16 bits per heavy atom. The summed E-state index contributed by atoms with van der Waals surface area (Å²) in [5, 5.41) is 7.68. The Morgan fingerprint density at radius 2 is 2.00 bits per heavy atom. The van der Waals surface area contributed by atoms with Crippen LogP contribution in [0.1, 0.15) is 11.3 Å². The number of rotatable bonds is 3. The zero-order chi connectivity index (χ0) is 13.2. The fraction of sp³-hybridized carbons (Fsp3) is 0.143. The first-order valence-electron chi connectivity index (χ1n) is 6.04. The lowest BCUT2D eigenvalue weighted by molar-refractivity contribution is 0.909. The van der Waals surface area contributed by atoms with Crippen molar-refractivity contribution < 1.29 is 0 Å². The summed E-state index contributed by atoms with van der Waals surface area (Å²) in [4.78, 5) is 4.44. The maximum Gasteiger partial charge on any atom is 0.243 e. The van der Waals surface area contributed by atoms with Crippen molar-refractivity contribution in [2.75, 3.05) is 5.32 Å². The minimum atomic E-state index is 0.644. The Hall–Kier alpha value is -1.88. The SMILES string of the molecule is Cc1cccc2nc(NCc3ccccc3Br)nn12. The minimum absolute atomic E-state index is 0.644. The first kappa shape index (κ1) is 12.2. The van der Waals surface area contributed by atoms with Gasteiger partial charge >= 0.3 is 0 Å². The molecule has 0 fully saturated rings. The molecule has 0 saturated carbocycles. The van der Waals surface area contributed by atoms with Crippen molar-refractivity contribution in [2.45, 2.75) is 13.5 Å². The molecule has 0 atom stereocenters. The molecular formula is C14H13BrN4. The lowest BCUT2D eigenvalue weighted by atomic mass is 10.2. The van der Waals surface area contributed by atoms with E-state index in [1.807, 2.05) is 47.8 Å². The lowest BCUT2D eigenvalue weighted by Crippen LogP contribution is -2.02. The van der Waals surface area contributed by atoms with E-state index >= 15 is 0 Å². The highest BCUT2D eigenvalue weighted by Gasteiger charge is 2.05. The summed E-state index contributed by atoms with van der Waals surface area (Å²) in [6.45, 7) is 2.70. The number of anilines is 1. The molecule has 0 radical (unpaired) electrons. The van der Waals surface area contributed by atoms with Gasteiger partial charge in [-0.3, -0.25) is 0 Å². The molecule has 0 bridgehead atoms. The summed E-state index contributed by atoms with van der Waals surface area (Å²) in [7, 11) is 0. The Balaban J connectivity index is 1.83. The van der Waals surface area contributed by atoms with E-state index in [9.17, 15) is 0 Å². The third kappa shape index (κ3) is 2.46. The van der Waals surface area contributed by atoms with E-state index in [2.05, 4.69) is 37.4 Å². The molecule has 2 aromatic heterocycles. The van der Waals surface area contributed by atoms with E-state index in [4.69, 9.17) is 0 Å². The fourth-order valence-corrected chi connectivity index (χ4v) is 2.35. The number of nitrogens with zero attached hydrogens (tertiary/aromatic N) is 3. The molecule has 1 aromatic carbocycles. The molecule has 0 unspecified atom stereocenters. The van der Waals surface area contributed by atoms with Crippen molar-refractivity contribution in [3.8, 4) is 0 Å². The third-order valence-electron chi connectivity index (χ3n) is 2.94. The van der Waals surface area contributed by atoms with Crippen molar-refractivity contribution in [2.24, 2.45) is 0 Å². The van der Waals surface area contributed by atoms with Crippen LogP contribution in [-0.4, -0.2) is 14.6 Å². The van der Waals surface area contributed by atoms with Crippen LogP contribution in [0.2, 0.25) is 0 Å². The van der Waals surface area contributed by atoms with Gasteiger partial charge in [-0.15, -0.1) is 5.10 Å². The molecule has 0 aliphatic rings. The van der Waals surface area contributed by atoms with Crippen LogP contribution in [0.5, 0.6) is 0 Å². The molecule has 19 heavy (non-hydrogen) atoms. The Morgan fingerprint density at radius 3 is 2.79 bits per heavy atom. The maximum absolute atomic E-state index is 4.44. The van der Waals surface area contributed by atoms with Crippen LogP contribution in [0.3, 0.4) is 0 Å². The third-order valence-corrected chi connectivity index (χ3v) is 3.72. The number of nitrogens with one attached hydrogen (secondary N) is 1. The van der Waals surface area contributed by atoms with Crippen LogP contribution in [0, 0.1) is 6.92 Å². The van der Waals surface area contributed by atoms with Crippen LogP contribution in [0.4, 0.5) is 5.95 Å². The topological polar surface area (TPSA) is 42.2 Å². The molecule has 3 aromatic rings. The summed E-state index contributed by atoms with van der Waals surface area (Å²) in [5.41, 5.74) is 3.10. The average Bonchev–Trinajstić information content (AvgIpc) is 2.82. The number of hydrogen-bond donors (Lipinski definition) is 1. The van der Waals surface area contributed by atoms with Gasteiger partial charge < -0.3 is 5.32 Å². The Labute approximate surface area is 119 Å². The second-order valence-electron chi connectivity index (χ2n) is 4.32. The standard InChI is InChI=1S/C14H13BrN4/c1-10-5-4-8-13-17-14(18-19(10)13)16-9-11-6-2-3-7-12(11)15/h2-8H,9H2,1H3,(H,16,18). The van der Waals surface area contributed by atoms with Crippen LogP contribution in [0.25, 0.3) is 5.65 Å². The van der Waals surface area contributed by atoms with Gasteiger partial charge in [0, 0.05) is 16.7 Å². The molecule has 0 aliphatic carbocycles. The molecule has 96 valence electrons. The molecule has 0 amide bonds. The van der Waals surface area contributed by atoms with Gasteiger partial charge in [0.05, 0.1) is 0 Å². The van der Waals surface area contributed by atoms with Crippen LogP contribution in [0.15, 0.2) is 46.9 Å². The number of benzene rings is 1. The van der Waals surface area contributed by atoms with Crippen molar-refractivity contribution in [1.82, 2.24) is 14.6 Å². The summed E-state index contributed by atoms with van der Waals surface area (Å²) >= 11 is 3.53. The monoisotopic (exact) mass is 316 g/mol. The van der Waals surface area contributed by atoms with Gasteiger partial charge in [-0.2, -0.15) is 4.98 Å². The van der Waals surface area contributed by atoms with Crippen LogP contribution < -0.4 is 5.32 Å². The normalized spacial score (nSPS) is 10.8. The number of hydrogen-bond acceptors (Lipinski definition) is 3. The van der Waals surface area contributed by atoms with E-state index in [1.165, 1.54) is 5.56 Å². The molecule has 0 spiro atoms. The molecule has 3 rings (SSSR count). The lowest BCUT2D eigenvalue weighted by Gasteiger charge is -2.04. The maximum atomic E-state index is 4.44. The van der Waals surface area contributed by atoms with Gasteiger partial charge in [0.15, 0.2) is 5.65 Å². The highest BCUT2D eigenvalue weighted by Crippen LogP contribution is 2.17. The van der Waals surface area contributed by atoms with Gasteiger partial charge in [0.25, 0.3) is 0 Å². The van der Waals surface area contributed by atoms with Crippen molar-refractivity contribution in [1.29, 1.82) is 0 Å². The molecular weight excluding hydrogens is 304 g/mol. The first-order valence-corrected chi connectivity index (χ1v) is 6.83. The van der Waals surface area contributed by atoms with Crippen molar-refractivity contribution in [3.63, 3.8) is 0 Å². The number of pyridine rings is 1. The highest BCUT2D eigenvalue weighted by atomic mass is 79.9. The summed E-state index contributed by atoms with van der Waals surface area (Å²) in [6.07, 6.45) is 0. The second-order valence-corrected chi connectivity index (χ2v) is 5.17. The summed E-state index contributed by atoms with van der Waals surface area (Å²) < 4.78 is 2.92. The van der Waals surface area contributed by atoms with E-state index < -0.39 is 0 Å². The van der Waals surface area contributed by atoms with E-state index in [0.717, 1.165) is 15.8 Å². The van der Waals surface area contributed by atoms with Gasteiger partial charge in [-0.25, -0.2) is 4.52 Å². The first-order chi connectivity index (χ1) is 9.24. The number of aryl methyl sites for hydroxylation is 1. The average molecular weight is 317 g/mol. The van der Waals surface area contributed by atoms with Gasteiger partial charge in [0.1, 0.15) is 0 Å². The largest absolute Gasteiger partial charge is 0.349 e. The van der Waals surface area contributed by atoms with Crippen LogP contribution in [-0.2, 0) is 6.54 Å². The van der Waals surface area contributed by atoms with Crippen LogP contribution >= 0.6 is 15.9 Å². The van der Waals surface area contributed by atoms with E-state index in [1.54, 1.807) is 0 Å². The highest BCUT2D eigenvalue weighted by molar-refractivity contribution is 9.10. The van der Waals surface area contributed by atoms with Crippen molar-refractivity contribution in [3.05, 3.63) is 58.2 Å². The van der Waals surface area contributed by atoms with Gasteiger partial charge in [0.2, 0.25) is 5.95 Å². The smallest absolute Gasteiger partial charge is 0.243 e. The fourth-order valence-electron chi connectivity index (χ4n) is 1.93. The predicted molar refractivity (Wildman–Crippen MR) is 79.2 cm³/mol. The number of aromatic nitrogens is 3. The molecule has 5 heteroatoms. The van der Waals surface area contributed by atoms with E-state index in [-0.39, 0.29) is 0 Å². The molecule has 4 nitrogen and oxygen atoms in total. The molecule has 1 N–H and O–H groups in total. The molecule has 2 heterocycles. The van der Waals surface area contributed by atoms with Gasteiger partial charge in [-0.05, 0) is 30.7 Å². The Bertz CT molecular complexity index is 720. The van der Waals surface area contributed by atoms with E-state index in [0.29, 0.717) is 12.5 Å². The minimum Gasteiger partial charge on any atom is -0.349 e. The quantitative estimate of drug-likeness (QED) is 0.805. The summed E-state index contributed by atoms with van der Waals surface area (Å²) in [6, 6.07) is 14.1. The zero-order valence-electron chi connectivity index (χ0n) is 10.5. The van der Waals surface area contributed by atoms with Crippen molar-refractivity contribution >= 4 is 27.5 Å². The number of halogens is 1. The summed E-state index contributed by atoms with van der Waals surface area (Å²) in [5.74, 6) is 0.644. The van der Waals surface area contributed by atoms with Gasteiger partial charge in [-0.1, -0.05) is 40.2 Å². The second kappa shape index (κ2) is 5.01. The number of fused-ring (bicyclic) bond motifs is 1.